The van der Waals surface area contributed by atoms with Crippen LogP contribution in [0.3, 0.4) is 0 Å². The molecule has 0 spiro atoms. The molecule has 2 unspecified atom stereocenters. The first-order chi connectivity index (χ1) is 8.81. The first kappa shape index (κ1) is 13.9. The quantitative estimate of drug-likeness (QED) is 0.815. The zero-order valence-corrected chi connectivity index (χ0v) is 11.8. The van der Waals surface area contributed by atoms with Crippen molar-refractivity contribution in [2.45, 2.75) is 64.3 Å². The summed E-state index contributed by atoms with van der Waals surface area (Å²) < 4.78 is 0. The summed E-state index contributed by atoms with van der Waals surface area (Å²) in [5.41, 5.74) is 0. The number of carbonyl (C=O) groups excluding carboxylic acids is 1. The van der Waals surface area contributed by atoms with Crippen molar-refractivity contribution in [1.82, 2.24) is 10.2 Å². The van der Waals surface area contributed by atoms with E-state index in [2.05, 4.69) is 12.2 Å². The number of rotatable bonds is 5. The van der Waals surface area contributed by atoms with Crippen molar-refractivity contribution in [1.29, 1.82) is 0 Å². The van der Waals surface area contributed by atoms with Crippen LogP contribution in [0.25, 0.3) is 0 Å². The zero-order valence-electron chi connectivity index (χ0n) is 11.8. The molecule has 1 amide bonds. The second-order valence-corrected chi connectivity index (χ2v) is 5.85. The van der Waals surface area contributed by atoms with Gasteiger partial charge in [-0.1, -0.05) is 26.2 Å². The standard InChI is InChI=1S/C15H28N2O/c1-2-13-7-3-4-8-14(13)16-10-9-15(18)17-11-5-6-12-17/h13-14,16H,2-12H2,1H3. The van der Waals surface area contributed by atoms with Gasteiger partial charge in [-0.15, -0.1) is 0 Å². The Morgan fingerprint density at radius 2 is 1.89 bits per heavy atom. The van der Waals surface area contributed by atoms with E-state index in [1.54, 1.807) is 0 Å². The highest BCUT2D eigenvalue weighted by Gasteiger charge is 2.23. The van der Waals surface area contributed by atoms with Gasteiger partial charge >= 0.3 is 0 Å². The number of likely N-dealkylation sites (tertiary alicyclic amines) is 1. The predicted octanol–water partition coefficient (Wildman–Crippen LogP) is 2.56. The summed E-state index contributed by atoms with van der Waals surface area (Å²) >= 11 is 0. The third-order valence-corrected chi connectivity index (χ3v) is 4.64. The normalized spacial score (nSPS) is 28.6. The molecule has 2 fully saturated rings. The molecule has 1 aliphatic carbocycles. The maximum atomic E-state index is 11.9. The fourth-order valence-electron chi connectivity index (χ4n) is 3.45. The highest BCUT2D eigenvalue weighted by atomic mass is 16.2. The topological polar surface area (TPSA) is 32.3 Å². The second kappa shape index (κ2) is 7.13. The average Bonchev–Trinajstić information content (AvgIpc) is 2.93. The van der Waals surface area contributed by atoms with E-state index >= 15 is 0 Å². The number of hydrogen-bond acceptors (Lipinski definition) is 2. The van der Waals surface area contributed by atoms with Gasteiger partial charge in [-0.3, -0.25) is 4.79 Å². The number of amides is 1. The van der Waals surface area contributed by atoms with Gasteiger partial charge in [0, 0.05) is 32.1 Å². The van der Waals surface area contributed by atoms with Crippen LogP contribution in [0.15, 0.2) is 0 Å². The molecule has 18 heavy (non-hydrogen) atoms. The second-order valence-electron chi connectivity index (χ2n) is 5.85. The Balaban J connectivity index is 1.65. The van der Waals surface area contributed by atoms with Gasteiger partial charge < -0.3 is 10.2 Å². The van der Waals surface area contributed by atoms with Crippen molar-refractivity contribution >= 4 is 5.91 Å². The molecule has 2 rings (SSSR count). The molecule has 1 saturated heterocycles. The van der Waals surface area contributed by atoms with Gasteiger partial charge in [-0.2, -0.15) is 0 Å². The van der Waals surface area contributed by atoms with Crippen molar-refractivity contribution < 1.29 is 4.79 Å². The largest absolute Gasteiger partial charge is 0.343 e. The Bertz CT molecular complexity index is 261. The van der Waals surface area contributed by atoms with Gasteiger partial charge in [0.1, 0.15) is 0 Å². The van der Waals surface area contributed by atoms with E-state index in [4.69, 9.17) is 0 Å². The lowest BCUT2D eigenvalue weighted by Gasteiger charge is -2.31. The van der Waals surface area contributed by atoms with Crippen molar-refractivity contribution in [3.05, 3.63) is 0 Å². The summed E-state index contributed by atoms with van der Waals surface area (Å²) in [7, 11) is 0. The molecule has 104 valence electrons. The van der Waals surface area contributed by atoms with E-state index < -0.39 is 0 Å². The Kier molecular flexibility index (Phi) is 5.48. The summed E-state index contributed by atoms with van der Waals surface area (Å²) in [6.45, 7) is 5.14. The summed E-state index contributed by atoms with van der Waals surface area (Å²) in [4.78, 5) is 14.0. The smallest absolute Gasteiger partial charge is 0.223 e. The fraction of sp³-hybridized carbons (Fsp3) is 0.933. The Morgan fingerprint density at radius 3 is 2.61 bits per heavy atom. The SMILES string of the molecule is CCC1CCCCC1NCCC(=O)N1CCCC1. The van der Waals surface area contributed by atoms with Crippen LogP contribution in [0.5, 0.6) is 0 Å². The predicted molar refractivity (Wildman–Crippen MR) is 74.5 cm³/mol. The molecule has 0 bridgehead atoms. The van der Waals surface area contributed by atoms with E-state index in [0.717, 1.165) is 25.6 Å². The molecule has 2 aliphatic rings. The third kappa shape index (κ3) is 3.71. The van der Waals surface area contributed by atoms with E-state index in [0.29, 0.717) is 18.4 Å². The highest BCUT2D eigenvalue weighted by molar-refractivity contribution is 5.76. The molecule has 1 N–H and O–H groups in total. The Morgan fingerprint density at radius 1 is 1.17 bits per heavy atom. The highest BCUT2D eigenvalue weighted by Crippen LogP contribution is 2.26. The van der Waals surface area contributed by atoms with E-state index in [1.165, 1.54) is 44.9 Å². The summed E-state index contributed by atoms with van der Waals surface area (Å²) in [6, 6.07) is 0.662. The summed E-state index contributed by atoms with van der Waals surface area (Å²) in [5.74, 6) is 1.18. The monoisotopic (exact) mass is 252 g/mol. The Hall–Kier alpha value is -0.570. The molecule has 0 aromatic carbocycles. The number of nitrogens with zero attached hydrogens (tertiary/aromatic N) is 1. The van der Waals surface area contributed by atoms with Crippen molar-refractivity contribution in [2.24, 2.45) is 5.92 Å². The minimum Gasteiger partial charge on any atom is -0.343 e. The first-order valence-electron chi connectivity index (χ1n) is 7.82. The molecule has 3 heteroatoms. The Labute approximate surface area is 111 Å². The van der Waals surface area contributed by atoms with Crippen LogP contribution in [0, 0.1) is 5.92 Å². The molecule has 1 heterocycles. The van der Waals surface area contributed by atoms with Crippen LogP contribution in [0.2, 0.25) is 0 Å². The molecular weight excluding hydrogens is 224 g/mol. The van der Waals surface area contributed by atoms with E-state index in [1.807, 2.05) is 4.90 Å². The zero-order chi connectivity index (χ0) is 12.8. The molecular formula is C15H28N2O. The van der Waals surface area contributed by atoms with Crippen LogP contribution in [-0.2, 0) is 4.79 Å². The maximum absolute atomic E-state index is 11.9. The summed E-state index contributed by atoms with van der Waals surface area (Å²) in [6.07, 6.45) is 9.77. The van der Waals surface area contributed by atoms with E-state index in [9.17, 15) is 4.79 Å². The van der Waals surface area contributed by atoms with Gasteiger partial charge in [0.05, 0.1) is 0 Å². The van der Waals surface area contributed by atoms with Crippen molar-refractivity contribution in [3.63, 3.8) is 0 Å². The number of carbonyl (C=O) groups is 1. The lowest BCUT2D eigenvalue weighted by molar-refractivity contribution is -0.130. The van der Waals surface area contributed by atoms with Crippen LogP contribution in [0.4, 0.5) is 0 Å². The molecule has 1 aliphatic heterocycles. The maximum Gasteiger partial charge on any atom is 0.223 e. The van der Waals surface area contributed by atoms with Gasteiger partial charge in [-0.25, -0.2) is 0 Å². The molecule has 0 aromatic rings. The molecule has 0 aromatic heterocycles. The van der Waals surface area contributed by atoms with Crippen molar-refractivity contribution in [3.8, 4) is 0 Å². The van der Waals surface area contributed by atoms with Crippen LogP contribution in [0.1, 0.15) is 58.3 Å². The van der Waals surface area contributed by atoms with Gasteiger partial charge in [-0.05, 0) is 31.6 Å². The fourth-order valence-corrected chi connectivity index (χ4v) is 3.45. The molecule has 1 saturated carbocycles. The number of nitrogens with one attached hydrogen (secondary N) is 1. The first-order valence-corrected chi connectivity index (χ1v) is 7.82. The van der Waals surface area contributed by atoms with Crippen LogP contribution in [-0.4, -0.2) is 36.5 Å². The van der Waals surface area contributed by atoms with Gasteiger partial charge in [0.15, 0.2) is 0 Å². The summed E-state index contributed by atoms with van der Waals surface area (Å²) in [5, 5.41) is 3.63. The minimum absolute atomic E-state index is 0.351. The van der Waals surface area contributed by atoms with Gasteiger partial charge in [0.25, 0.3) is 0 Å². The average molecular weight is 252 g/mol. The van der Waals surface area contributed by atoms with Crippen LogP contribution < -0.4 is 5.32 Å². The lowest BCUT2D eigenvalue weighted by atomic mass is 9.83. The van der Waals surface area contributed by atoms with Crippen LogP contribution >= 0.6 is 0 Å². The molecule has 0 radical (unpaired) electrons. The lowest BCUT2D eigenvalue weighted by Crippen LogP contribution is -2.40. The molecule has 3 nitrogen and oxygen atoms in total. The van der Waals surface area contributed by atoms with Gasteiger partial charge in [0.2, 0.25) is 5.91 Å². The van der Waals surface area contributed by atoms with Crippen molar-refractivity contribution in [2.75, 3.05) is 19.6 Å². The van der Waals surface area contributed by atoms with E-state index in [-0.39, 0.29) is 0 Å². The number of hydrogen-bond donors (Lipinski definition) is 1. The minimum atomic E-state index is 0.351. The molecule has 2 atom stereocenters. The third-order valence-electron chi connectivity index (χ3n) is 4.64.